The van der Waals surface area contributed by atoms with Gasteiger partial charge in [-0.3, -0.25) is 15.0 Å². The molecule has 0 aliphatic rings. The summed E-state index contributed by atoms with van der Waals surface area (Å²) >= 11 is 0. The van der Waals surface area contributed by atoms with Crippen molar-refractivity contribution in [1.29, 1.82) is 5.41 Å². The van der Waals surface area contributed by atoms with Crippen LogP contribution in [0.4, 0.5) is 4.39 Å². The van der Waals surface area contributed by atoms with Crippen LogP contribution in [0.15, 0.2) is 42.5 Å². The lowest BCUT2D eigenvalue weighted by Crippen LogP contribution is -2.24. The molecule has 6 N–H and O–H groups in total. The predicted octanol–water partition coefficient (Wildman–Crippen LogP) is 1.33. The van der Waals surface area contributed by atoms with E-state index in [1.165, 1.54) is 24.3 Å². The molecule has 0 saturated heterocycles. The Morgan fingerprint density at radius 2 is 1.85 bits per heavy atom. The Bertz CT molecular complexity index is 829. The number of carbonyl (C=O) groups excluding carboxylic acids is 2. The van der Waals surface area contributed by atoms with E-state index in [9.17, 15) is 14.0 Å². The van der Waals surface area contributed by atoms with Crippen LogP contribution >= 0.6 is 12.4 Å². The minimum Gasteiger partial charge on any atom is -0.483 e. The van der Waals surface area contributed by atoms with E-state index < -0.39 is 17.6 Å². The van der Waals surface area contributed by atoms with Crippen molar-refractivity contribution in [3.8, 4) is 5.75 Å². The van der Waals surface area contributed by atoms with Crippen molar-refractivity contribution in [3.63, 3.8) is 0 Å². The smallest absolute Gasteiger partial charge is 0.255 e. The molecule has 9 heteroatoms. The second-order valence-electron chi connectivity index (χ2n) is 5.18. The number of nitrogens with two attached hydrogens (primary N) is 2. The molecule has 2 aromatic rings. The maximum atomic E-state index is 13.2. The third-order valence-corrected chi connectivity index (χ3v) is 3.27. The summed E-state index contributed by atoms with van der Waals surface area (Å²) in [5.74, 6) is -1.53. The summed E-state index contributed by atoms with van der Waals surface area (Å²) in [5, 5.41) is 10.1. The van der Waals surface area contributed by atoms with Crippen molar-refractivity contribution in [1.82, 2.24) is 5.32 Å². The lowest BCUT2D eigenvalue weighted by Gasteiger charge is -2.13. The zero-order valence-corrected chi connectivity index (χ0v) is 14.4. The summed E-state index contributed by atoms with van der Waals surface area (Å²) in [6.45, 7) is -0.284. The summed E-state index contributed by atoms with van der Waals surface area (Å²) in [7, 11) is 0. The molecule has 0 aliphatic heterocycles. The largest absolute Gasteiger partial charge is 0.483 e. The van der Waals surface area contributed by atoms with Gasteiger partial charge in [-0.05, 0) is 24.3 Å². The Kier molecular flexibility index (Phi) is 7.54. The van der Waals surface area contributed by atoms with E-state index in [1.54, 1.807) is 12.1 Å². The Balaban J connectivity index is 0.00000338. The number of amidine groups is 1. The van der Waals surface area contributed by atoms with Crippen LogP contribution in [0.3, 0.4) is 0 Å². The van der Waals surface area contributed by atoms with E-state index in [2.05, 4.69) is 5.32 Å². The van der Waals surface area contributed by atoms with E-state index in [1.807, 2.05) is 0 Å². The molecule has 138 valence electrons. The van der Waals surface area contributed by atoms with Gasteiger partial charge in [0, 0.05) is 23.2 Å². The van der Waals surface area contributed by atoms with E-state index in [4.69, 9.17) is 21.6 Å². The summed E-state index contributed by atoms with van der Waals surface area (Å²) in [6.07, 6.45) is 0. The van der Waals surface area contributed by atoms with Gasteiger partial charge in [0.15, 0.2) is 6.61 Å². The molecular weight excluding hydrogens is 363 g/mol. The number of nitrogens with one attached hydrogen (secondary N) is 2. The Labute approximate surface area is 155 Å². The maximum Gasteiger partial charge on any atom is 0.255 e. The molecule has 2 amide bonds. The first-order chi connectivity index (χ1) is 11.9. The number of hydrogen-bond donors (Lipinski definition) is 4. The van der Waals surface area contributed by atoms with Gasteiger partial charge < -0.3 is 21.5 Å². The fourth-order valence-corrected chi connectivity index (χ4v) is 2.06. The van der Waals surface area contributed by atoms with Crippen molar-refractivity contribution < 1.29 is 18.7 Å². The van der Waals surface area contributed by atoms with Gasteiger partial charge in [0.2, 0.25) is 0 Å². The van der Waals surface area contributed by atoms with E-state index in [-0.39, 0.29) is 42.7 Å². The number of benzene rings is 2. The topological polar surface area (TPSA) is 131 Å². The number of rotatable bonds is 7. The third-order valence-electron chi connectivity index (χ3n) is 3.27. The molecule has 0 aliphatic carbocycles. The molecule has 0 aromatic heterocycles. The molecule has 0 bridgehead atoms. The SMILES string of the molecule is Cl.N=C(N)c1ccc(CNC(=O)c2cccc(F)c2)c(OCC(N)=O)c1. The molecule has 2 rings (SSSR count). The number of primary amides is 1. The molecule has 0 fully saturated rings. The minimum atomic E-state index is -0.664. The average Bonchev–Trinajstić information content (AvgIpc) is 2.57. The number of amides is 2. The Morgan fingerprint density at radius 1 is 1.12 bits per heavy atom. The maximum absolute atomic E-state index is 13.2. The molecule has 0 saturated carbocycles. The van der Waals surface area contributed by atoms with Gasteiger partial charge in [-0.2, -0.15) is 0 Å². The van der Waals surface area contributed by atoms with Crippen molar-refractivity contribution in [2.75, 3.05) is 6.61 Å². The van der Waals surface area contributed by atoms with Crippen LogP contribution in [0.2, 0.25) is 0 Å². The van der Waals surface area contributed by atoms with Gasteiger partial charge in [0.25, 0.3) is 11.8 Å². The highest BCUT2D eigenvalue weighted by Crippen LogP contribution is 2.21. The lowest BCUT2D eigenvalue weighted by molar-refractivity contribution is -0.119. The zero-order valence-electron chi connectivity index (χ0n) is 13.6. The number of hydrogen-bond acceptors (Lipinski definition) is 4. The number of carbonyl (C=O) groups is 2. The summed E-state index contributed by atoms with van der Waals surface area (Å²) < 4.78 is 18.5. The summed E-state index contributed by atoms with van der Waals surface area (Å²) in [4.78, 5) is 23.0. The third kappa shape index (κ3) is 5.75. The van der Waals surface area contributed by atoms with Crippen molar-refractivity contribution in [2.24, 2.45) is 11.5 Å². The van der Waals surface area contributed by atoms with Crippen LogP contribution in [0.25, 0.3) is 0 Å². The van der Waals surface area contributed by atoms with Crippen LogP contribution < -0.4 is 21.5 Å². The average molecular weight is 381 g/mol. The van der Waals surface area contributed by atoms with Crippen molar-refractivity contribution in [3.05, 3.63) is 65.0 Å². The van der Waals surface area contributed by atoms with Crippen LogP contribution in [0.1, 0.15) is 21.5 Å². The fourth-order valence-electron chi connectivity index (χ4n) is 2.06. The highest BCUT2D eigenvalue weighted by Gasteiger charge is 2.11. The monoisotopic (exact) mass is 380 g/mol. The molecule has 0 unspecified atom stereocenters. The minimum absolute atomic E-state index is 0. The number of ether oxygens (including phenoxy) is 1. The molecule has 0 heterocycles. The van der Waals surface area contributed by atoms with Crippen molar-refractivity contribution in [2.45, 2.75) is 6.54 Å². The molecular formula is C17H18ClFN4O3. The van der Waals surface area contributed by atoms with Crippen LogP contribution in [-0.2, 0) is 11.3 Å². The normalized spacial score (nSPS) is 9.73. The van der Waals surface area contributed by atoms with E-state index in [0.29, 0.717) is 11.1 Å². The fraction of sp³-hybridized carbons (Fsp3) is 0.118. The van der Waals surface area contributed by atoms with Gasteiger partial charge in [0.05, 0.1) is 0 Å². The van der Waals surface area contributed by atoms with Crippen LogP contribution in [0.5, 0.6) is 5.75 Å². The highest BCUT2D eigenvalue weighted by atomic mass is 35.5. The standard InChI is InChI=1S/C17H17FN4O3.ClH/c18-13-3-1-2-11(6-13)17(24)22-8-12-5-4-10(16(20)21)7-14(12)25-9-15(19)23;/h1-7H,8-9H2,(H2,19,23)(H3,20,21)(H,22,24);1H. The number of nitrogen functional groups attached to an aromatic ring is 1. The van der Waals surface area contributed by atoms with Crippen LogP contribution in [-0.4, -0.2) is 24.3 Å². The second-order valence-corrected chi connectivity index (χ2v) is 5.18. The van der Waals surface area contributed by atoms with Gasteiger partial charge in [-0.25, -0.2) is 4.39 Å². The highest BCUT2D eigenvalue weighted by molar-refractivity contribution is 5.96. The first kappa shape index (κ1) is 20.9. The Hall–Kier alpha value is -3.13. The van der Waals surface area contributed by atoms with Gasteiger partial charge in [-0.15, -0.1) is 12.4 Å². The van der Waals surface area contributed by atoms with Crippen LogP contribution in [0, 0.1) is 11.2 Å². The molecule has 7 nitrogen and oxygen atoms in total. The van der Waals surface area contributed by atoms with Gasteiger partial charge in [-0.1, -0.05) is 18.2 Å². The lowest BCUT2D eigenvalue weighted by atomic mass is 10.1. The molecule has 0 atom stereocenters. The Morgan fingerprint density at radius 3 is 2.46 bits per heavy atom. The first-order valence-electron chi connectivity index (χ1n) is 7.29. The van der Waals surface area contributed by atoms with Crippen molar-refractivity contribution >= 4 is 30.1 Å². The summed E-state index contributed by atoms with van der Waals surface area (Å²) in [5.41, 5.74) is 11.6. The van der Waals surface area contributed by atoms with Gasteiger partial charge in [0.1, 0.15) is 17.4 Å². The second kappa shape index (κ2) is 9.38. The predicted molar refractivity (Wildman–Crippen MR) is 97.0 cm³/mol. The molecule has 0 radical (unpaired) electrons. The summed E-state index contributed by atoms with van der Waals surface area (Å²) in [6, 6.07) is 9.97. The molecule has 0 spiro atoms. The molecule has 26 heavy (non-hydrogen) atoms. The van der Waals surface area contributed by atoms with E-state index in [0.717, 1.165) is 6.07 Å². The first-order valence-corrected chi connectivity index (χ1v) is 7.29. The van der Waals surface area contributed by atoms with Gasteiger partial charge >= 0.3 is 0 Å². The zero-order chi connectivity index (χ0) is 18.4. The number of halogens is 2. The molecule has 2 aromatic carbocycles. The quantitative estimate of drug-likeness (QED) is 0.426. The van der Waals surface area contributed by atoms with E-state index >= 15 is 0 Å².